The van der Waals surface area contributed by atoms with Gasteiger partial charge in [0.1, 0.15) is 0 Å². The number of benzene rings is 2. The molecule has 7 nitrogen and oxygen atoms in total. The number of piperidine rings is 1. The van der Waals surface area contributed by atoms with Gasteiger partial charge in [-0.3, -0.25) is 9.59 Å². The lowest BCUT2D eigenvalue weighted by atomic mass is 9.73. The average molecular weight is 471 g/mol. The predicted octanol–water partition coefficient (Wildman–Crippen LogP) is 3.68. The van der Waals surface area contributed by atoms with Crippen LogP contribution >= 0.6 is 0 Å². The zero-order valence-corrected chi connectivity index (χ0v) is 20.2. The number of rotatable bonds is 7. The first kappa shape index (κ1) is 24.2. The van der Waals surface area contributed by atoms with Crippen molar-refractivity contribution in [1.29, 1.82) is 5.26 Å². The minimum absolute atomic E-state index is 0.0286. The highest BCUT2D eigenvalue weighted by Gasteiger charge is 2.43. The number of methoxy groups -OCH3 is 1. The van der Waals surface area contributed by atoms with Crippen LogP contribution in [0.1, 0.15) is 40.8 Å². The summed E-state index contributed by atoms with van der Waals surface area (Å²) in [5.74, 6) is -0.172. The molecule has 1 amide bonds. The average Bonchev–Trinajstić information content (AvgIpc) is 3.31. The van der Waals surface area contributed by atoms with Gasteiger partial charge in [0.25, 0.3) is 0 Å². The summed E-state index contributed by atoms with van der Waals surface area (Å²) in [6.07, 6.45) is 5.46. The molecule has 35 heavy (non-hydrogen) atoms. The Hall–Kier alpha value is -3.92. The Morgan fingerprint density at radius 2 is 1.83 bits per heavy atom. The molecule has 7 heteroatoms. The van der Waals surface area contributed by atoms with E-state index in [2.05, 4.69) is 30.1 Å². The van der Waals surface area contributed by atoms with E-state index in [1.165, 1.54) is 7.11 Å². The molecule has 0 bridgehead atoms. The van der Waals surface area contributed by atoms with Gasteiger partial charge in [-0.1, -0.05) is 36.4 Å². The first-order valence-corrected chi connectivity index (χ1v) is 11.8. The first-order chi connectivity index (χ1) is 16.9. The van der Waals surface area contributed by atoms with Crippen molar-refractivity contribution in [2.45, 2.75) is 39.2 Å². The molecular formula is C28H30N4O3. The number of aryl methyl sites for hydroxylation is 1. The van der Waals surface area contributed by atoms with Gasteiger partial charge in [0, 0.05) is 31.5 Å². The van der Waals surface area contributed by atoms with Crippen molar-refractivity contribution in [3.05, 3.63) is 89.0 Å². The quantitative estimate of drug-likeness (QED) is 0.492. The molecule has 2 aromatic carbocycles. The van der Waals surface area contributed by atoms with Gasteiger partial charge in [0.05, 0.1) is 36.9 Å². The van der Waals surface area contributed by atoms with Crippen molar-refractivity contribution in [2.24, 2.45) is 5.41 Å². The number of carbonyl (C=O) groups excluding carboxylic acids is 2. The van der Waals surface area contributed by atoms with Crippen LogP contribution in [0.3, 0.4) is 0 Å². The van der Waals surface area contributed by atoms with Crippen LogP contribution in [0.4, 0.5) is 0 Å². The molecule has 0 N–H and O–H groups in total. The van der Waals surface area contributed by atoms with E-state index in [4.69, 9.17) is 10.00 Å². The van der Waals surface area contributed by atoms with Gasteiger partial charge in [0.15, 0.2) is 0 Å². The number of nitrogens with zero attached hydrogens (tertiary/aromatic N) is 4. The summed E-state index contributed by atoms with van der Waals surface area (Å²) in [6.45, 7) is 3.67. The highest BCUT2D eigenvalue weighted by atomic mass is 16.5. The zero-order valence-electron chi connectivity index (χ0n) is 20.2. The van der Waals surface area contributed by atoms with Gasteiger partial charge in [-0.2, -0.15) is 5.26 Å². The fourth-order valence-corrected chi connectivity index (χ4v) is 4.81. The molecular weight excluding hydrogens is 440 g/mol. The number of nitriles is 1. The van der Waals surface area contributed by atoms with Crippen LogP contribution < -0.4 is 0 Å². The molecule has 0 aliphatic carbocycles. The van der Waals surface area contributed by atoms with Gasteiger partial charge in [-0.15, -0.1) is 0 Å². The molecule has 1 aliphatic rings. The molecule has 3 aromatic rings. The molecule has 1 aromatic heterocycles. The SMILES string of the molecule is COC(=O)C1(Cc2ccccc2C)CCN(C(=O)Cc2cncn2Cc2ccc(C#N)cc2)CC1. The molecule has 1 saturated heterocycles. The lowest BCUT2D eigenvalue weighted by Gasteiger charge is -2.40. The number of hydrogen-bond acceptors (Lipinski definition) is 5. The minimum Gasteiger partial charge on any atom is -0.469 e. The maximum absolute atomic E-state index is 13.1. The number of hydrogen-bond donors (Lipinski definition) is 0. The smallest absolute Gasteiger partial charge is 0.312 e. The summed E-state index contributed by atoms with van der Waals surface area (Å²) in [6, 6.07) is 17.6. The highest BCUT2D eigenvalue weighted by Crippen LogP contribution is 2.37. The minimum atomic E-state index is -0.616. The predicted molar refractivity (Wildman–Crippen MR) is 131 cm³/mol. The van der Waals surface area contributed by atoms with E-state index in [-0.39, 0.29) is 18.3 Å². The Morgan fingerprint density at radius 3 is 2.49 bits per heavy atom. The van der Waals surface area contributed by atoms with Crippen molar-refractivity contribution in [1.82, 2.24) is 14.5 Å². The Bertz CT molecular complexity index is 1230. The Labute approximate surface area is 206 Å². The largest absolute Gasteiger partial charge is 0.469 e. The summed E-state index contributed by atoms with van der Waals surface area (Å²) in [5, 5.41) is 8.98. The molecule has 0 saturated carbocycles. The summed E-state index contributed by atoms with van der Waals surface area (Å²) in [4.78, 5) is 32.1. The van der Waals surface area contributed by atoms with E-state index in [0.29, 0.717) is 44.5 Å². The van der Waals surface area contributed by atoms with E-state index in [1.54, 1.807) is 24.7 Å². The van der Waals surface area contributed by atoms with E-state index < -0.39 is 5.41 Å². The summed E-state index contributed by atoms with van der Waals surface area (Å²) in [5.41, 5.74) is 4.17. The third-order valence-corrected chi connectivity index (χ3v) is 7.05. The van der Waals surface area contributed by atoms with Crippen molar-refractivity contribution in [2.75, 3.05) is 20.2 Å². The Balaban J connectivity index is 1.41. The molecule has 180 valence electrons. The fourth-order valence-electron chi connectivity index (χ4n) is 4.81. The second kappa shape index (κ2) is 10.6. The summed E-state index contributed by atoms with van der Waals surface area (Å²) >= 11 is 0. The van der Waals surface area contributed by atoms with Gasteiger partial charge < -0.3 is 14.2 Å². The molecule has 0 atom stereocenters. The number of aromatic nitrogens is 2. The maximum Gasteiger partial charge on any atom is 0.312 e. The van der Waals surface area contributed by atoms with Gasteiger partial charge in [-0.25, -0.2) is 4.98 Å². The van der Waals surface area contributed by atoms with Crippen LogP contribution in [-0.4, -0.2) is 46.5 Å². The normalized spacial score (nSPS) is 14.8. The van der Waals surface area contributed by atoms with Crippen LogP contribution in [0.15, 0.2) is 61.1 Å². The topological polar surface area (TPSA) is 88.2 Å². The summed E-state index contributed by atoms with van der Waals surface area (Å²) < 4.78 is 7.16. The van der Waals surface area contributed by atoms with Gasteiger partial charge in [-0.05, 0) is 55.0 Å². The maximum atomic E-state index is 13.1. The van der Waals surface area contributed by atoms with E-state index >= 15 is 0 Å². The fraction of sp³-hybridized carbons (Fsp3) is 0.357. The first-order valence-electron chi connectivity index (χ1n) is 11.8. The lowest BCUT2D eigenvalue weighted by Crippen LogP contribution is -2.48. The van der Waals surface area contributed by atoms with Crippen LogP contribution in [0, 0.1) is 23.7 Å². The van der Waals surface area contributed by atoms with Crippen molar-refractivity contribution in [3.63, 3.8) is 0 Å². The number of esters is 1. The zero-order chi connectivity index (χ0) is 24.8. The second-order valence-electron chi connectivity index (χ2n) is 9.25. The number of carbonyl (C=O) groups is 2. The van der Waals surface area contributed by atoms with Gasteiger partial charge >= 0.3 is 5.97 Å². The molecule has 4 rings (SSSR count). The van der Waals surface area contributed by atoms with Crippen molar-refractivity contribution >= 4 is 11.9 Å². The standard InChI is InChI=1S/C28H30N4O3/c1-21-5-3-4-6-24(21)16-28(27(34)35-2)11-13-31(14-12-28)26(33)15-25-18-30-20-32(25)19-23-9-7-22(17-29)8-10-23/h3-10,18,20H,11-16,19H2,1-2H3. The number of ether oxygens (including phenoxy) is 1. The number of imidazole rings is 1. The number of amides is 1. The lowest BCUT2D eigenvalue weighted by molar-refractivity contribution is -0.157. The Morgan fingerprint density at radius 1 is 1.11 bits per heavy atom. The van der Waals surface area contributed by atoms with Crippen LogP contribution in [0.25, 0.3) is 0 Å². The monoisotopic (exact) mass is 470 g/mol. The second-order valence-corrected chi connectivity index (χ2v) is 9.25. The van der Waals surface area contributed by atoms with Crippen molar-refractivity contribution < 1.29 is 14.3 Å². The molecule has 2 heterocycles. The third-order valence-electron chi connectivity index (χ3n) is 7.05. The van der Waals surface area contributed by atoms with E-state index in [9.17, 15) is 9.59 Å². The molecule has 0 radical (unpaired) electrons. The van der Waals surface area contributed by atoms with Crippen molar-refractivity contribution in [3.8, 4) is 6.07 Å². The van der Waals surface area contributed by atoms with Crippen LogP contribution in [0.5, 0.6) is 0 Å². The molecule has 1 fully saturated rings. The van der Waals surface area contributed by atoms with Crippen LogP contribution in [-0.2, 0) is 33.7 Å². The van der Waals surface area contributed by atoms with E-state index in [0.717, 1.165) is 22.4 Å². The molecule has 0 spiro atoms. The Kier molecular flexibility index (Phi) is 7.31. The van der Waals surface area contributed by atoms with Crippen LogP contribution in [0.2, 0.25) is 0 Å². The molecule has 1 aliphatic heterocycles. The highest BCUT2D eigenvalue weighted by molar-refractivity contribution is 5.80. The third kappa shape index (κ3) is 5.43. The summed E-state index contributed by atoms with van der Waals surface area (Å²) in [7, 11) is 1.44. The van der Waals surface area contributed by atoms with E-state index in [1.807, 2.05) is 33.7 Å². The molecule has 0 unspecified atom stereocenters. The number of likely N-dealkylation sites (tertiary alicyclic amines) is 1. The van der Waals surface area contributed by atoms with Gasteiger partial charge in [0.2, 0.25) is 5.91 Å².